The predicted octanol–water partition coefficient (Wildman–Crippen LogP) is 4.36. The number of benzene rings is 2. The van der Waals surface area contributed by atoms with Gasteiger partial charge in [0.2, 0.25) is 0 Å². The molecular formula is C20H24FNOS. The largest absolute Gasteiger partial charge is 0.396 e. The number of piperidine rings is 1. The van der Waals surface area contributed by atoms with Crippen LogP contribution in [0, 0.1) is 11.7 Å². The second kappa shape index (κ2) is 8.65. The van der Waals surface area contributed by atoms with Crippen LogP contribution in [0.4, 0.5) is 4.39 Å². The van der Waals surface area contributed by atoms with Crippen LogP contribution in [-0.4, -0.2) is 35.5 Å². The van der Waals surface area contributed by atoms with Gasteiger partial charge in [-0.25, -0.2) is 4.39 Å². The van der Waals surface area contributed by atoms with Gasteiger partial charge in [0, 0.05) is 29.8 Å². The molecule has 2 unspecified atom stereocenters. The normalized spacial score (nSPS) is 21.8. The van der Waals surface area contributed by atoms with Crippen molar-refractivity contribution in [2.45, 2.75) is 23.8 Å². The van der Waals surface area contributed by atoms with Gasteiger partial charge < -0.3 is 5.11 Å². The first kappa shape index (κ1) is 17.5. The lowest BCUT2D eigenvalue weighted by molar-refractivity contribution is 0.0855. The number of nitrogens with zero attached hydrogens (tertiary/aromatic N) is 1. The summed E-state index contributed by atoms with van der Waals surface area (Å²) in [6.45, 7) is 2.23. The van der Waals surface area contributed by atoms with Gasteiger partial charge in [-0.2, -0.15) is 0 Å². The first-order chi connectivity index (χ1) is 11.8. The van der Waals surface area contributed by atoms with E-state index in [1.807, 2.05) is 30.0 Å². The molecule has 2 aromatic carbocycles. The van der Waals surface area contributed by atoms with Crippen LogP contribution in [0.3, 0.4) is 0 Å². The Hall–Kier alpha value is -1.36. The monoisotopic (exact) mass is 345 g/mol. The Morgan fingerprint density at radius 3 is 2.54 bits per heavy atom. The van der Waals surface area contributed by atoms with Gasteiger partial charge in [0.25, 0.3) is 0 Å². The van der Waals surface area contributed by atoms with E-state index in [0.29, 0.717) is 5.92 Å². The quantitative estimate of drug-likeness (QED) is 0.787. The van der Waals surface area contributed by atoms with E-state index in [-0.39, 0.29) is 18.5 Å². The van der Waals surface area contributed by atoms with Crippen molar-refractivity contribution in [3.8, 4) is 0 Å². The first-order valence-electron chi connectivity index (χ1n) is 8.54. The minimum Gasteiger partial charge on any atom is -0.396 e. The number of likely N-dealkylation sites (tertiary alicyclic amines) is 1. The molecule has 0 radical (unpaired) electrons. The summed E-state index contributed by atoms with van der Waals surface area (Å²) in [7, 11) is 0. The average Bonchev–Trinajstić information content (AvgIpc) is 2.63. The number of aliphatic hydroxyl groups excluding tert-OH is 1. The lowest BCUT2D eigenvalue weighted by Crippen LogP contribution is -2.39. The topological polar surface area (TPSA) is 23.5 Å². The number of aliphatic hydroxyl groups is 1. The van der Waals surface area contributed by atoms with E-state index in [1.165, 1.54) is 17.0 Å². The Labute approximate surface area is 147 Å². The summed E-state index contributed by atoms with van der Waals surface area (Å²) in [6, 6.07) is 17.6. The zero-order valence-corrected chi connectivity index (χ0v) is 14.6. The summed E-state index contributed by atoms with van der Waals surface area (Å²) in [4.78, 5) is 3.77. The van der Waals surface area contributed by atoms with Crippen molar-refractivity contribution in [1.29, 1.82) is 0 Å². The summed E-state index contributed by atoms with van der Waals surface area (Å²) in [5.74, 6) is 1.18. The van der Waals surface area contributed by atoms with Crippen molar-refractivity contribution in [1.82, 2.24) is 4.90 Å². The van der Waals surface area contributed by atoms with Gasteiger partial charge in [0.15, 0.2) is 0 Å². The molecule has 0 bridgehead atoms. The smallest absolute Gasteiger partial charge is 0.123 e. The van der Waals surface area contributed by atoms with Crippen molar-refractivity contribution >= 4 is 11.8 Å². The molecule has 3 rings (SSSR count). The Kier molecular flexibility index (Phi) is 6.30. The standard InChI is InChI=1S/C20H24FNOS/c21-18-8-6-17(7-9-18)20-14-16(15-23)10-11-22(20)12-13-24-19-4-2-1-3-5-19/h1-9,16,20,23H,10-15H2. The molecule has 1 fully saturated rings. The molecule has 0 amide bonds. The summed E-state index contributed by atoms with van der Waals surface area (Å²) in [5, 5.41) is 9.53. The van der Waals surface area contributed by atoms with Crippen LogP contribution in [-0.2, 0) is 0 Å². The molecule has 2 nitrogen and oxygen atoms in total. The molecule has 128 valence electrons. The molecule has 4 heteroatoms. The molecule has 2 aromatic rings. The molecule has 0 saturated carbocycles. The molecule has 1 saturated heterocycles. The maximum Gasteiger partial charge on any atom is 0.123 e. The molecule has 24 heavy (non-hydrogen) atoms. The van der Waals surface area contributed by atoms with Crippen LogP contribution in [0.5, 0.6) is 0 Å². The van der Waals surface area contributed by atoms with Crippen LogP contribution < -0.4 is 0 Å². The van der Waals surface area contributed by atoms with E-state index in [2.05, 4.69) is 29.2 Å². The molecule has 1 aliphatic rings. The molecular weight excluding hydrogens is 321 g/mol. The Balaban J connectivity index is 1.64. The van der Waals surface area contributed by atoms with Gasteiger partial charge in [-0.3, -0.25) is 4.90 Å². The van der Waals surface area contributed by atoms with Gasteiger partial charge in [0.1, 0.15) is 5.82 Å². The van der Waals surface area contributed by atoms with Crippen molar-refractivity contribution in [3.63, 3.8) is 0 Å². The van der Waals surface area contributed by atoms with Crippen molar-refractivity contribution in [3.05, 3.63) is 66.0 Å². The Morgan fingerprint density at radius 2 is 1.83 bits per heavy atom. The van der Waals surface area contributed by atoms with Crippen LogP contribution in [0.25, 0.3) is 0 Å². The Bertz CT molecular complexity index is 619. The zero-order valence-electron chi connectivity index (χ0n) is 13.8. The van der Waals surface area contributed by atoms with Gasteiger partial charge in [-0.1, -0.05) is 30.3 Å². The fourth-order valence-electron chi connectivity index (χ4n) is 3.35. The number of halogens is 1. The molecule has 1 aliphatic heterocycles. The van der Waals surface area contributed by atoms with Gasteiger partial charge in [-0.05, 0) is 55.1 Å². The van der Waals surface area contributed by atoms with E-state index < -0.39 is 0 Å². The first-order valence-corrected chi connectivity index (χ1v) is 9.53. The predicted molar refractivity (Wildman–Crippen MR) is 97.7 cm³/mol. The molecule has 0 aromatic heterocycles. The molecule has 2 atom stereocenters. The summed E-state index contributed by atoms with van der Waals surface area (Å²) in [6.07, 6.45) is 1.97. The second-order valence-corrected chi connectivity index (χ2v) is 7.51. The molecule has 0 aliphatic carbocycles. The second-order valence-electron chi connectivity index (χ2n) is 6.34. The summed E-state index contributed by atoms with van der Waals surface area (Å²) in [5.41, 5.74) is 1.15. The third kappa shape index (κ3) is 4.59. The van der Waals surface area contributed by atoms with Crippen LogP contribution in [0.15, 0.2) is 59.5 Å². The fourth-order valence-corrected chi connectivity index (χ4v) is 4.26. The SMILES string of the molecule is OCC1CCN(CCSc2ccccc2)C(c2ccc(F)cc2)C1. The van der Waals surface area contributed by atoms with E-state index in [1.54, 1.807) is 0 Å². The highest BCUT2D eigenvalue weighted by Gasteiger charge is 2.28. The lowest BCUT2D eigenvalue weighted by atomic mass is 9.87. The molecule has 0 spiro atoms. The highest BCUT2D eigenvalue weighted by Crippen LogP contribution is 2.34. The zero-order chi connectivity index (χ0) is 16.8. The number of rotatable bonds is 6. The maximum atomic E-state index is 13.2. The maximum absolute atomic E-state index is 13.2. The number of thioether (sulfide) groups is 1. The van der Waals surface area contributed by atoms with E-state index >= 15 is 0 Å². The molecule has 1 heterocycles. The van der Waals surface area contributed by atoms with Gasteiger partial charge >= 0.3 is 0 Å². The number of hydrogen-bond acceptors (Lipinski definition) is 3. The van der Waals surface area contributed by atoms with Gasteiger partial charge in [-0.15, -0.1) is 11.8 Å². The third-order valence-corrected chi connectivity index (χ3v) is 5.72. The van der Waals surface area contributed by atoms with E-state index in [9.17, 15) is 9.50 Å². The van der Waals surface area contributed by atoms with Crippen LogP contribution in [0.1, 0.15) is 24.4 Å². The van der Waals surface area contributed by atoms with Crippen molar-refractivity contribution < 1.29 is 9.50 Å². The number of hydrogen-bond donors (Lipinski definition) is 1. The highest BCUT2D eigenvalue weighted by molar-refractivity contribution is 7.99. The van der Waals surface area contributed by atoms with Crippen molar-refractivity contribution in [2.75, 3.05) is 25.4 Å². The minimum absolute atomic E-state index is 0.195. The average molecular weight is 345 g/mol. The highest BCUT2D eigenvalue weighted by atomic mass is 32.2. The molecule has 1 N–H and O–H groups in total. The fraction of sp³-hybridized carbons (Fsp3) is 0.400. The lowest BCUT2D eigenvalue weighted by Gasteiger charge is -2.39. The Morgan fingerprint density at radius 1 is 1.08 bits per heavy atom. The van der Waals surface area contributed by atoms with Crippen LogP contribution in [0.2, 0.25) is 0 Å². The summed E-state index contributed by atoms with van der Waals surface area (Å²) < 4.78 is 13.2. The van der Waals surface area contributed by atoms with Crippen molar-refractivity contribution in [2.24, 2.45) is 5.92 Å². The van der Waals surface area contributed by atoms with Crippen LogP contribution >= 0.6 is 11.8 Å². The van der Waals surface area contributed by atoms with Gasteiger partial charge in [0.05, 0.1) is 0 Å². The minimum atomic E-state index is -0.195. The third-order valence-electron chi connectivity index (χ3n) is 4.73. The van der Waals surface area contributed by atoms with E-state index in [4.69, 9.17) is 0 Å². The van der Waals surface area contributed by atoms with E-state index in [0.717, 1.165) is 37.2 Å². The summed E-state index contributed by atoms with van der Waals surface area (Å²) >= 11 is 1.87.